The summed E-state index contributed by atoms with van der Waals surface area (Å²) in [6.07, 6.45) is 3.00. The molecular formula is C20H20BrN3O3. The average molecular weight is 430 g/mol. The molecule has 0 spiro atoms. The van der Waals surface area contributed by atoms with Crippen molar-refractivity contribution in [1.82, 2.24) is 9.55 Å². The van der Waals surface area contributed by atoms with Crippen molar-refractivity contribution in [3.05, 3.63) is 57.4 Å². The number of amides is 1. The number of aromatic nitrogens is 2. The number of hydrogen-bond acceptors (Lipinski definition) is 3. The fourth-order valence-electron chi connectivity index (χ4n) is 3.90. The molecule has 6 nitrogen and oxygen atoms in total. The summed E-state index contributed by atoms with van der Waals surface area (Å²) < 4.78 is 2.69. The van der Waals surface area contributed by atoms with E-state index in [1.165, 1.54) is 6.07 Å². The molecule has 0 atom stereocenters. The molecule has 0 saturated heterocycles. The van der Waals surface area contributed by atoms with Crippen LogP contribution in [0.15, 0.2) is 51.7 Å². The van der Waals surface area contributed by atoms with Gasteiger partial charge >= 0.3 is 5.69 Å². The summed E-state index contributed by atoms with van der Waals surface area (Å²) in [6.45, 7) is 0. The number of fused-ring (bicyclic) bond motifs is 1. The number of benzene rings is 2. The molecule has 1 aliphatic rings. The number of nitrogens with one attached hydrogen (secondary N) is 2. The van der Waals surface area contributed by atoms with Gasteiger partial charge in [0, 0.05) is 28.2 Å². The highest BCUT2D eigenvalue weighted by Crippen LogP contribution is 2.34. The van der Waals surface area contributed by atoms with Crippen LogP contribution in [-0.4, -0.2) is 20.6 Å². The summed E-state index contributed by atoms with van der Waals surface area (Å²) in [5.74, 6) is 0.00527. The Kier molecular flexibility index (Phi) is 4.78. The molecule has 2 aromatic carbocycles. The normalized spacial score (nSPS) is 19.9. The van der Waals surface area contributed by atoms with E-state index in [1.54, 1.807) is 18.2 Å². The molecule has 0 radical (unpaired) electrons. The molecule has 1 fully saturated rings. The van der Waals surface area contributed by atoms with Gasteiger partial charge in [0.05, 0.1) is 11.0 Å². The quantitative estimate of drug-likeness (QED) is 0.583. The number of H-pyrrole nitrogens is 1. The average Bonchev–Trinajstić information content (AvgIpc) is 2.99. The van der Waals surface area contributed by atoms with Crippen LogP contribution >= 0.6 is 15.9 Å². The topological polar surface area (TPSA) is 87.1 Å². The highest BCUT2D eigenvalue weighted by atomic mass is 79.9. The molecule has 1 aromatic heterocycles. The third kappa shape index (κ3) is 3.51. The number of nitrogens with zero attached hydrogens (tertiary/aromatic N) is 1. The number of anilines is 1. The zero-order valence-corrected chi connectivity index (χ0v) is 16.2. The van der Waals surface area contributed by atoms with Gasteiger partial charge in [0.2, 0.25) is 5.91 Å². The van der Waals surface area contributed by atoms with Crippen LogP contribution in [0.1, 0.15) is 31.7 Å². The molecule has 27 heavy (non-hydrogen) atoms. The molecule has 3 aromatic rings. The third-order valence-corrected chi connectivity index (χ3v) is 5.91. The standard InChI is InChI=1S/C20H20BrN3O3/c21-16-5-2-6-17-18(16)23-20(27)24(17)14-9-7-12(8-10-14)19(26)22-13-3-1-4-15(25)11-13/h1-6,11-12,14,25H,7-10H2,(H,22,26)(H,23,27)/t12-,14+. The van der Waals surface area contributed by atoms with Crippen LogP contribution in [0.25, 0.3) is 11.0 Å². The Labute approximate surface area is 164 Å². The van der Waals surface area contributed by atoms with Crippen molar-refractivity contribution < 1.29 is 9.90 Å². The zero-order valence-electron chi connectivity index (χ0n) is 14.6. The number of phenolic OH excluding ortho intramolecular Hbond substituents is 1. The van der Waals surface area contributed by atoms with Crippen LogP contribution < -0.4 is 11.0 Å². The molecule has 7 heteroatoms. The van der Waals surface area contributed by atoms with Gasteiger partial charge < -0.3 is 15.4 Å². The molecule has 0 unspecified atom stereocenters. The summed E-state index contributed by atoms with van der Waals surface area (Å²) >= 11 is 3.48. The number of phenols is 1. The molecule has 4 rings (SSSR count). The Morgan fingerprint density at radius 1 is 1.15 bits per heavy atom. The van der Waals surface area contributed by atoms with E-state index in [2.05, 4.69) is 26.2 Å². The molecular weight excluding hydrogens is 410 g/mol. The van der Waals surface area contributed by atoms with Gasteiger partial charge in [0.15, 0.2) is 0 Å². The van der Waals surface area contributed by atoms with Crippen LogP contribution in [0.4, 0.5) is 5.69 Å². The number of imidazole rings is 1. The SMILES string of the molecule is O=c1[nH]c2c(Br)cccc2n1[C@H]1CC[C@@H](C(=O)Nc2cccc(O)c2)CC1. The van der Waals surface area contributed by atoms with Crippen molar-refractivity contribution in [2.45, 2.75) is 31.7 Å². The summed E-state index contributed by atoms with van der Waals surface area (Å²) in [5, 5.41) is 12.4. The lowest BCUT2D eigenvalue weighted by Crippen LogP contribution is -2.31. The van der Waals surface area contributed by atoms with Gasteiger partial charge in [-0.05, 0) is 65.9 Å². The number of carbonyl (C=O) groups excluding carboxylic acids is 1. The van der Waals surface area contributed by atoms with E-state index >= 15 is 0 Å². The summed E-state index contributed by atoms with van der Waals surface area (Å²) in [4.78, 5) is 27.9. The van der Waals surface area contributed by atoms with Crippen LogP contribution in [0.5, 0.6) is 5.75 Å². The summed E-state index contributed by atoms with van der Waals surface area (Å²) in [7, 11) is 0. The molecule has 1 aliphatic carbocycles. The molecule has 140 valence electrons. The Bertz CT molecular complexity index is 1050. The van der Waals surface area contributed by atoms with E-state index in [4.69, 9.17) is 0 Å². The first-order valence-electron chi connectivity index (χ1n) is 9.01. The van der Waals surface area contributed by atoms with E-state index in [9.17, 15) is 14.7 Å². The lowest BCUT2D eigenvalue weighted by molar-refractivity contribution is -0.121. The van der Waals surface area contributed by atoms with Crippen molar-refractivity contribution in [2.75, 3.05) is 5.32 Å². The Balaban J connectivity index is 1.46. The van der Waals surface area contributed by atoms with Gasteiger partial charge in [-0.15, -0.1) is 0 Å². The molecule has 0 aliphatic heterocycles. The monoisotopic (exact) mass is 429 g/mol. The van der Waals surface area contributed by atoms with E-state index < -0.39 is 0 Å². The maximum absolute atomic E-state index is 12.5. The second kappa shape index (κ2) is 7.23. The van der Waals surface area contributed by atoms with Crippen molar-refractivity contribution in [3.63, 3.8) is 0 Å². The first-order valence-corrected chi connectivity index (χ1v) is 9.81. The highest BCUT2D eigenvalue weighted by molar-refractivity contribution is 9.10. The van der Waals surface area contributed by atoms with Gasteiger partial charge in [0.25, 0.3) is 0 Å². The van der Waals surface area contributed by atoms with Gasteiger partial charge in [-0.1, -0.05) is 12.1 Å². The maximum Gasteiger partial charge on any atom is 0.326 e. The predicted molar refractivity (Wildman–Crippen MR) is 108 cm³/mol. The number of para-hydroxylation sites is 1. The highest BCUT2D eigenvalue weighted by Gasteiger charge is 2.29. The number of aromatic amines is 1. The number of halogens is 1. The second-order valence-corrected chi connectivity index (χ2v) is 7.83. The lowest BCUT2D eigenvalue weighted by Gasteiger charge is -2.28. The molecule has 0 bridgehead atoms. The van der Waals surface area contributed by atoms with Crippen molar-refractivity contribution in [3.8, 4) is 5.75 Å². The number of carbonyl (C=O) groups is 1. The maximum atomic E-state index is 12.5. The smallest absolute Gasteiger partial charge is 0.326 e. The molecule has 1 heterocycles. The second-order valence-electron chi connectivity index (χ2n) is 6.98. The molecule has 1 saturated carbocycles. The van der Waals surface area contributed by atoms with Crippen LogP contribution in [-0.2, 0) is 4.79 Å². The molecule has 3 N–H and O–H groups in total. The zero-order chi connectivity index (χ0) is 19.0. The fraction of sp³-hybridized carbons (Fsp3) is 0.300. The predicted octanol–water partition coefficient (Wildman–Crippen LogP) is 4.17. The van der Waals surface area contributed by atoms with Crippen LogP contribution in [0.2, 0.25) is 0 Å². The Morgan fingerprint density at radius 2 is 1.89 bits per heavy atom. The number of aromatic hydroxyl groups is 1. The van der Waals surface area contributed by atoms with Gasteiger partial charge in [-0.25, -0.2) is 4.79 Å². The Morgan fingerprint density at radius 3 is 2.63 bits per heavy atom. The summed E-state index contributed by atoms with van der Waals surface area (Å²) in [5.41, 5.74) is 2.19. The van der Waals surface area contributed by atoms with E-state index in [0.717, 1.165) is 41.2 Å². The Hall–Kier alpha value is -2.54. The fourth-order valence-corrected chi connectivity index (χ4v) is 4.36. The van der Waals surface area contributed by atoms with E-state index in [0.29, 0.717) is 5.69 Å². The minimum Gasteiger partial charge on any atom is -0.508 e. The largest absolute Gasteiger partial charge is 0.508 e. The summed E-state index contributed by atoms with van der Waals surface area (Å²) in [6, 6.07) is 12.4. The van der Waals surface area contributed by atoms with E-state index in [1.807, 2.05) is 22.8 Å². The minimum atomic E-state index is -0.107. The van der Waals surface area contributed by atoms with Gasteiger partial charge in [-0.3, -0.25) is 9.36 Å². The van der Waals surface area contributed by atoms with E-state index in [-0.39, 0.29) is 29.3 Å². The first-order chi connectivity index (χ1) is 13.0. The van der Waals surface area contributed by atoms with Crippen molar-refractivity contribution in [2.24, 2.45) is 5.92 Å². The van der Waals surface area contributed by atoms with Crippen molar-refractivity contribution >= 4 is 38.6 Å². The number of hydrogen-bond donors (Lipinski definition) is 3. The lowest BCUT2D eigenvalue weighted by atomic mass is 9.85. The van der Waals surface area contributed by atoms with Gasteiger partial charge in [0.1, 0.15) is 5.75 Å². The minimum absolute atomic E-state index is 0.0342. The van der Waals surface area contributed by atoms with Crippen LogP contribution in [0.3, 0.4) is 0 Å². The first kappa shape index (κ1) is 17.9. The van der Waals surface area contributed by atoms with Crippen molar-refractivity contribution in [1.29, 1.82) is 0 Å². The number of rotatable bonds is 3. The van der Waals surface area contributed by atoms with Crippen LogP contribution in [0, 0.1) is 5.92 Å². The van der Waals surface area contributed by atoms with Gasteiger partial charge in [-0.2, -0.15) is 0 Å². The third-order valence-electron chi connectivity index (χ3n) is 5.25. The molecule has 1 amide bonds.